The Hall–Kier alpha value is -3.22. The largest absolute Gasteiger partial charge is 0.460 e. The molecule has 3 amide bonds. The Bertz CT molecular complexity index is 1310. The molecule has 1 aromatic carbocycles. The zero-order valence-corrected chi connectivity index (χ0v) is 29.3. The maximum Gasteiger partial charge on any atom is 0.312 e. The average Bonchev–Trinajstić information content (AvgIpc) is 3.65. The summed E-state index contributed by atoms with van der Waals surface area (Å²) in [6, 6.07) is 6.76. The van der Waals surface area contributed by atoms with Gasteiger partial charge in [-0.15, -0.1) is 13.2 Å². The first-order chi connectivity index (χ1) is 22.6. The van der Waals surface area contributed by atoms with E-state index < -0.39 is 41.7 Å². The quantitative estimate of drug-likeness (QED) is 0.102. The van der Waals surface area contributed by atoms with Crippen molar-refractivity contribution in [2.75, 3.05) is 49.1 Å². The lowest BCUT2D eigenvalue weighted by atomic mass is 9.70. The number of rotatable bonds is 18. The van der Waals surface area contributed by atoms with E-state index in [4.69, 9.17) is 9.47 Å². The molecule has 1 aromatic rings. The highest BCUT2D eigenvalue weighted by molar-refractivity contribution is 9.09. The number of hydrogen-bond acceptors (Lipinski definition) is 8. The van der Waals surface area contributed by atoms with Crippen molar-refractivity contribution in [1.82, 2.24) is 10.2 Å². The number of esters is 1. The highest BCUT2D eigenvalue weighted by Gasteiger charge is 2.77. The van der Waals surface area contributed by atoms with Crippen molar-refractivity contribution in [3.05, 3.63) is 49.6 Å². The Morgan fingerprint density at radius 3 is 2.47 bits per heavy atom. The summed E-state index contributed by atoms with van der Waals surface area (Å²) in [5, 5.41) is 12.3. The van der Waals surface area contributed by atoms with Crippen LogP contribution in [0.5, 0.6) is 0 Å². The predicted molar refractivity (Wildman–Crippen MR) is 184 cm³/mol. The van der Waals surface area contributed by atoms with Crippen LogP contribution in [0, 0.1) is 11.8 Å². The van der Waals surface area contributed by atoms with Gasteiger partial charge in [0, 0.05) is 55.4 Å². The lowest BCUT2D eigenvalue weighted by Crippen LogP contribution is -2.57. The first-order valence-corrected chi connectivity index (χ1v) is 17.6. The van der Waals surface area contributed by atoms with Gasteiger partial charge in [0.25, 0.3) is 5.91 Å². The Labute approximate surface area is 286 Å². The number of nitrogens with zero attached hydrogens (tertiary/aromatic N) is 3. The maximum absolute atomic E-state index is 14.7. The highest BCUT2D eigenvalue weighted by atomic mass is 79.9. The standard InChI is InChI=1S/C35H49BrN4O7/c1-6-10-13-27(42)37-22-23(5)46-34(45)28-29-32(43)40(19-11-12-20-41)31(35(29)21-26(36)30(28)47-35)33(44)39(18-7-2)25-16-14-24(15-17-25)38(8-3)9-4/h6-7,14-17,23,26,28-31,41H,1-2,8-13,18-22H2,3-5H3,(H,37,42)/t23-,26?,28+,29-,30+,31+,35-/m1/s1. The SMILES string of the molecule is C=CCCC(=O)NC[C@@H](C)OC(=O)[C@@H]1[C@H]2O[C@@]3(CC2Br)[C@H](C(=O)N(CC=C)c2ccc(N(CC)CC)cc2)N(CCCCO)C(=O)[C@@H]13. The second-order valence-electron chi connectivity index (χ2n) is 12.4. The number of anilines is 2. The van der Waals surface area contributed by atoms with Gasteiger partial charge in [-0.1, -0.05) is 28.1 Å². The summed E-state index contributed by atoms with van der Waals surface area (Å²) < 4.78 is 12.4. The number of fused-ring (bicyclic) bond motifs is 1. The molecule has 3 aliphatic rings. The number of amides is 3. The van der Waals surface area contributed by atoms with Crippen molar-refractivity contribution in [2.24, 2.45) is 11.8 Å². The Morgan fingerprint density at radius 1 is 1.17 bits per heavy atom. The molecular weight excluding hydrogens is 668 g/mol. The number of alkyl halides is 1. The smallest absolute Gasteiger partial charge is 0.312 e. The van der Waals surface area contributed by atoms with Crippen LogP contribution in [-0.2, 0) is 28.7 Å². The average molecular weight is 718 g/mol. The molecule has 0 aliphatic carbocycles. The number of nitrogens with one attached hydrogen (secondary N) is 1. The molecule has 12 heteroatoms. The van der Waals surface area contributed by atoms with Gasteiger partial charge in [-0.2, -0.15) is 0 Å². The number of carbonyl (C=O) groups is 4. The fraction of sp³-hybridized carbons (Fsp3) is 0.600. The van der Waals surface area contributed by atoms with Gasteiger partial charge in [0.2, 0.25) is 11.8 Å². The van der Waals surface area contributed by atoms with E-state index in [-0.39, 0.29) is 55.2 Å². The van der Waals surface area contributed by atoms with Gasteiger partial charge in [0.15, 0.2) is 0 Å². The van der Waals surface area contributed by atoms with E-state index in [0.717, 1.165) is 18.8 Å². The minimum absolute atomic E-state index is 0.0459. The molecule has 3 saturated heterocycles. The van der Waals surface area contributed by atoms with E-state index in [9.17, 15) is 24.3 Å². The Kier molecular flexibility index (Phi) is 12.7. The minimum Gasteiger partial charge on any atom is -0.460 e. The number of halogens is 1. The zero-order valence-electron chi connectivity index (χ0n) is 27.7. The van der Waals surface area contributed by atoms with Crippen LogP contribution >= 0.6 is 15.9 Å². The number of aliphatic hydroxyl groups is 1. The molecule has 1 unspecified atom stereocenters. The molecule has 11 nitrogen and oxygen atoms in total. The maximum atomic E-state index is 14.7. The van der Waals surface area contributed by atoms with Crippen molar-refractivity contribution in [2.45, 2.75) is 81.6 Å². The topological polar surface area (TPSA) is 129 Å². The van der Waals surface area contributed by atoms with Crippen molar-refractivity contribution in [1.29, 1.82) is 0 Å². The second kappa shape index (κ2) is 16.3. The van der Waals surface area contributed by atoms with Gasteiger partial charge in [0.1, 0.15) is 17.7 Å². The van der Waals surface area contributed by atoms with Crippen LogP contribution in [0.4, 0.5) is 11.4 Å². The molecule has 47 heavy (non-hydrogen) atoms. The summed E-state index contributed by atoms with van der Waals surface area (Å²) >= 11 is 3.70. The summed E-state index contributed by atoms with van der Waals surface area (Å²) in [6.07, 6.45) is 4.13. The van der Waals surface area contributed by atoms with E-state index >= 15 is 0 Å². The van der Waals surface area contributed by atoms with E-state index in [2.05, 4.69) is 53.2 Å². The molecule has 2 N–H and O–H groups in total. The molecule has 0 radical (unpaired) electrons. The normalized spacial score (nSPS) is 26.4. The molecule has 7 atom stereocenters. The third kappa shape index (κ3) is 7.44. The van der Waals surface area contributed by atoms with Crippen molar-refractivity contribution in [3.63, 3.8) is 0 Å². The van der Waals surface area contributed by atoms with Crippen LogP contribution in [0.15, 0.2) is 49.6 Å². The van der Waals surface area contributed by atoms with Gasteiger partial charge in [-0.3, -0.25) is 19.2 Å². The number of benzene rings is 1. The molecule has 3 fully saturated rings. The minimum atomic E-state index is -1.25. The second-order valence-corrected chi connectivity index (χ2v) is 13.6. The number of hydrogen-bond donors (Lipinski definition) is 2. The molecule has 258 valence electrons. The third-order valence-corrected chi connectivity index (χ3v) is 10.3. The van der Waals surface area contributed by atoms with Gasteiger partial charge in [-0.05, 0) is 70.7 Å². The monoisotopic (exact) mass is 716 g/mol. The lowest BCUT2D eigenvalue weighted by molar-refractivity contribution is -0.159. The molecular formula is C35H49BrN4O7. The van der Waals surface area contributed by atoms with Gasteiger partial charge in [-0.25, -0.2) is 0 Å². The summed E-state index contributed by atoms with van der Waals surface area (Å²) in [6.45, 7) is 15.6. The summed E-state index contributed by atoms with van der Waals surface area (Å²) in [7, 11) is 0. The summed E-state index contributed by atoms with van der Waals surface area (Å²) in [5.41, 5.74) is 0.451. The summed E-state index contributed by atoms with van der Waals surface area (Å²) in [5.74, 6) is -3.25. The fourth-order valence-corrected chi connectivity index (χ4v) is 8.18. The van der Waals surface area contributed by atoms with Crippen molar-refractivity contribution < 1.29 is 33.8 Å². The molecule has 0 saturated carbocycles. The van der Waals surface area contributed by atoms with Crippen molar-refractivity contribution in [3.8, 4) is 0 Å². The van der Waals surface area contributed by atoms with Gasteiger partial charge < -0.3 is 34.6 Å². The van der Waals surface area contributed by atoms with Crippen LogP contribution in [0.1, 0.15) is 52.9 Å². The Morgan fingerprint density at radius 2 is 1.85 bits per heavy atom. The number of allylic oxidation sites excluding steroid dienone is 1. The lowest BCUT2D eigenvalue weighted by Gasteiger charge is -2.37. The van der Waals surface area contributed by atoms with E-state index in [1.54, 1.807) is 28.9 Å². The first kappa shape index (κ1) is 36.6. The fourth-order valence-electron chi connectivity index (χ4n) is 7.24. The number of unbranched alkanes of at least 4 members (excludes halogenated alkanes) is 1. The molecule has 2 bridgehead atoms. The van der Waals surface area contributed by atoms with Crippen molar-refractivity contribution >= 4 is 51.0 Å². The van der Waals surface area contributed by atoms with E-state index in [1.165, 1.54) is 0 Å². The van der Waals surface area contributed by atoms with E-state index in [0.29, 0.717) is 31.4 Å². The summed E-state index contributed by atoms with van der Waals surface area (Å²) in [4.78, 5) is 60.0. The molecule has 0 aromatic heterocycles. The van der Waals surface area contributed by atoms with Crippen LogP contribution in [-0.4, -0.2) is 102 Å². The van der Waals surface area contributed by atoms with E-state index in [1.807, 2.05) is 24.3 Å². The highest BCUT2D eigenvalue weighted by Crippen LogP contribution is 2.60. The number of likely N-dealkylation sites (tertiary alicyclic amines) is 1. The van der Waals surface area contributed by atoms with Gasteiger partial charge >= 0.3 is 5.97 Å². The van der Waals surface area contributed by atoms with Crippen LogP contribution in [0.25, 0.3) is 0 Å². The molecule has 1 spiro atoms. The molecule has 4 rings (SSSR count). The zero-order chi connectivity index (χ0) is 34.3. The first-order valence-electron chi connectivity index (χ1n) is 16.7. The van der Waals surface area contributed by atoms with Crippen LogP contribution < -0.4 is 15.1 Å². The Balaban J connectivity index is 1.63. The van der Waals surface area contributed by atoms with Gasteiger partial charge in [0.05, 0.1) is 24.5 Å². The third-order valence-electron chi connectivity index (χ3n) is 9.45. The molecule has 3 aliphatic heterocycles. The number of carbonyl (C=O) groups excluding carboxylic acids is 4. The number of ether oxygens (including phenoxy) is 2. The molecule has 3 heterocycles. The van der Waals surface area contributed by atoms with Crippen LogP contribution in [0.2, 0.25) is 0 Å². The van der Waals surface area contributed by atoms with Crippen LogP contribution in [0.3, 0.4) is 0 Å². The predicted octanol–water partition coefficient (Wildman–Crippen LogP) is 3.59. The number of aliphatic hydroxyl groups excluding tert-OH is 1.